The van der Waals surface area contributed by atoms with E-state index in [0.717, 1.165) is 5.57 Å². The number of halogens is 3. The fourth-order valence-electron chi connectivity index (χ4n) is 6.19. The second-order valence-electron chi connectivity index (χ2n) is 15.5. The summed E-state index contributed by atoms with van der Waals surface area (Å²) in [6.07, 6.45) is 1.30. The van der Waals surface area contributed by atoms with Gasteiger partial charge < -0.3 is 38.2 Å². The molecule has 10 nitrogen and oxygen atoms in total. The second-order valence-corrected chi connectivity index (χ2v) is 20.2. The molecule has 1 aromatic rings. The van der Waals surface area contributed by atoms with Crippen molar-refractivity contribution in [2.45, 2.75) is 117 Å². The Hall–Kier alpha value is -3.17. The minimum atomic E-state index is -5.11. The molecule has 0 unspecified atom stereocenters. The molecule has 1 rings (SSSR count). The summed E-state index contributed by atoms with van der Waals surface area (Å²) in [5.41, 5.74) is 1.71. The van der Waals surface area contributed by atoms with E-state index in [1.165, 1.54) is 27.4 Å². The van der Waals surface area contributed by atoms with Crippen molar-refractivity contribution in [2.75, 3.05) is 47.5 Å². The molecular weight excluding hydrogens is 736 g/mol. The van der Waals surface area contributed by atoms with E-state index in [2.05, 4.69) is 60.7 Å². The lowest BCUT2D eigenvalue weighted by molar-refractivity contribution is -0.167. The van der Waals surface area contributed by atoms with Crippen molar-refractivity contribution in [3.05, 3.63) is 53.1 Å². The number of benzene rings is 1. The van der Waals surface area contributed by atoms with Crippen LogP contribution in [0.5, 0.6) is 11.5 Å². The summed E-state index contributed by atoms with van der Waals surface area (Å²) < 4.78 is 80.7. The van der Waals surface area contributed by atoms with Crippen molar-refractivity contribution < 1.29 is 55.6 Å². The summed E-state index contributed by atoms with van der Waals surface area (Å²) in [5, 5.41) is 1.86. The van der Waals surface area contributed by atoms with Crippen molar-refractivity contribution in [3.8, 4) is 11.5 Å². The first kappa shape index (κ1) is 49.8. The first-order chi connectivity index (χ1) is 25.4. The normalized spacial score (nSPS) is 17.2. The van der Waals surface area contributed by atoms with Gasteiger partial charge in [-0.25, -0.2) is 4.79 Å². The van der Waals surface area contributed by atoms with E-state index in [4.69, 9.17) is 32.8 Å². The van der Waals surface area contributed by atoms with Gasteiger partial charge in [0.05, 0.1) is 50.9 Å². The van der Waals surface area contributed by atoms with Crippen LogP contribution in [0.2, 0.25) is 18.1 Å². The van der Waals surface area contributed by atoms with Gasteiger partial charge in [0.15, 0.2) is 8.32 Å². The number of esters is 1. The van der Waals surface area contributed by atoms with Crippen LogP contribution in [-0.4, -0.2) is 86.8 Å². The number of amides is 1. The first-order valence-electron chi connectivity index (χ1n) is 18.5. The zero-order chi connectivity index (χ0) is 42.5. The molecule has 0 radical (unpaired) electrons. The van der Waals surface area contributed by atoms with Crippen LogP contribution in [0.4, 0.5) is 18.9 Å². The molecule has 0 saturated carbocycles. The van der Waals surface area contributed by atoms with Crippen LogP contribution in [0.25, 0.3) is 0 Å². The number of allylic oxidation sites excluding steroid dienone is 2. The Kier molecular flexibility index (Phi) is 19.9. The van der Waals surface area contributed by atoms with Crippen LogP contribution in [0.3, 0.4) is 0 Å². The molecule has 0 heterocycles. The minimum absolute atomic E-state index is 0.0174. The average Bonchev–Trinajstić information content (AvgIpc) is 3.09. The fraction of sp³-hybridized carbons (Fsp3) is 0.659. The van der Waals surface area contributed by atoms with E-state index in [1.54, 1.807) is 40.2 Å². The van der Waals surface area contributed by atoms with Gasteiger partial charge in [0.2, 0.25) is 0 Å². The number of methoxy groups -OCH3 is 5. The molecule has 0 fully saturated rings. The topological polar surface area (TPSA) is 111 Å². The first-order valence-corrected chi connectivity index (χ1v) is 21.5. The molecule has 0 aliphatic carbocycles. The Morgan fingerprint density at radius 3 is 2.00 bits per heavy atom. The van der Waals surface area contributed by atoms with Crippen molar-refractivity contribution in [3.63, 3.8) is 0 Å². The molecule has 14 heteroatoms. The highest BCUT2D eigenvalue weighted by Gasteiger charge is 2.42. The van der Waals surface area contributed by atoms with E-state index in [9.17, 15) is 22.8 Å². The molecule has 314 valence electrons. The Morgan fingerprint density at radius 1 is 0.909 bits per heavy atom. The van der Waals surface area contributed by atoms with E-state index in [-0.39, 0.29) is 52.1 Å². The van der Waals surface area contributed by atoms with E-state index < -0.39 is 38.7 Å². The fourth-order valence-corrected chi connectivity index (χ4v) is 7.58. The third kappa shape index (κ3) is 14.4. The van der Waals surface area contributed by atoms with Gasteiger partial charge in [-0.05, 0) is 62.9 Å². The molecule has 1 N–H and O–H groups in total. The quantitative estimate of drug-likeness (QED) is 0.0427. The molecule has 0 aliphatic rings. The Balaban J connectivity index is 3.55. The van der Waals surface area contributed by atoms with Crippen molar-refractivity contribution in [1.29, 1.82) is 0 Å². The molecule has 0 bridgehead atoms. The van der Waals surface area contributed by atoms with Gasteiger partial charge in [0.25, 0.3) is 0 Å². The highest BCUT2D eigenvalue weighted by atomic mass is 28.4. The maximum atomic E-state index is 13.2. The Labute approximate surface area is 328 Å². The lowest BCUT2D eigenvalue weighted by Crippen LogP contribution is -2.45. The SMILES string of the molecule is CCOC(=O)/C(C)=C/C=C\[C@H](C)[C@@H](O[Si](C)(C)C(C)(C)C)/C(C)=C/[C@H](C)[C@@H](OC)[C@H](C[C@H](C)[C@@H](OC)c1cc(OC)cc(NC(=O)C(F)(F)F)c1OC)OC. The molecule has 0 aliphatic heterocycles. The summed E-state index contributed by atoms with van der Waals surface area (Å²) >= 11 is 0. The van der Waals surface area contributed by atoms with Crippen LogP contribution in [-0.2, 0) is 33.0 Å². The van der Waals surface area contributed by atoms with Gasteiger partial charge in [-0.2, -0.15) is 13.2 Å². The highest BCUT2D eigenvalue weighted by Crippen LogP contribution is 2.43. The zero-order valence-electron chi connectivity index (χ0n) is 35.7. The maximum Gasteiger partial charge on any atom is 0.471 e. The number of alkyl halides is 3. The third-order valence-electron chi connectivity index (χ3n) is 10.2. The predicted octanol–water partition coefficient (Wildman–Crippen LogP) is 9.62. The minimum Gasteiger partial charge on any atom is -0.497 e. The predicted molar refractivity (Wildman–Crippen MR) is 213 cm³/mol. The molecule has 55 heavy (non-hydrogen) atoms. The number of hydrogen-bond acceptors (Lipinski definition) is 9. The average molecular weight is 802 g/mol. The molecule has 0 saturated heterocycles. The third-order valence-corrected chi connectivity index (χ3v) is 14.7. The Morgan fingerprint density at radius 2 is 1.53 bits per heavy atom. The van der Waals surface area contributed by atoms with Crippen LogP contribution in [0.1, 0.15) is 80.4 Å². The van der Waals surface area contributed by atoms with Crippen LogP contribution >= 0.6 is 0 Å². The van der Waals surface area contributed by atoms with Gasteiger partial charge in [0.1, 0.15) is 11.5 Å². The number of anilines is 1. The van der Waals surface area contributed by atoms with Crippen LogP contribution in [0, 0.1) is 17.8 Å². The zero-order valence-corrected chi connectivity index (χ0v) is 36.7. The number of carbonyl (C=O) groups excluding carboxylic acids is 2. The molecule has 1 amide bonds. The number of nitrogens with one attached hydrogen (secondary N) is 1. The number of rotatable bonds is 21. The number of ether oxygens (including phenoxy) is 6. The van der Waals surface area contributed by atoms with Gasteiger partial charge in [-0.3, -0.25) is 4.79 Å². The smallest absolute Gasteiger partial charge is 0.471 e. The monoisotopic (exact) mass is 801 g/mol. The maximum absolute atomic E-state index is 13.2. The lowest BCUT2D eigenvalue weighted by Gasteiger charge is -2.41. The van der Waals surface area contributed by atoms with E-state index in [1.807, 2.05) is 24.4 Å². The largest absolute Gasteiger partial charge is 0.497 e. The van der Waals surface area contributed by atoms with Crippen LogP contribution in [0.15, 0.2) is 47.6 Å². The molecule has 7 atom stereocenters. The summed E-state index contributed by atoms with van der Waals surface area (Å²) in [4.78, 5) is 24.0. The summed E-state index contributed by atoms with van der Waals surface area (Å²) in [7, 11) is 5.16. The molecular formula is C41H66F3NO9Si. The van der Waals surface area contributed by atoms with Gasteiger partial charge in [-0.1, -0.05) is 65.8 Å². The van der Waals surface area contributed by atoms with Gasteiger partial charge in [0, 0.05) is 50.4 Å². The van der Waals surface area contributed by atoms with E-state index >= 15 is 0 Å². The molecule has 0 aromatic heterocycles. The lowest BCUT2D eigenvalue weighted by atomic mass is 9.86. The summed E-state index contributed by atoms with van der Waals surface area (Å²) in [6.45, 7) is 23.0. The Bertz CT molecular complexity index is 1490. The summed E-state index contributed by atoms with van der Waals surface area (Å²) in [5.74, 6) is -2.76. The molecule has 1 aromatic carbocycles. The summed E-state index contributed by atoms with van der Waals surface area (Å²) in [6, 6.07) is 2.88. The van der Waals surface area contributed by atoms with Gasteiger partial charge in [-0.15, -0.1) is 0 Å². The van der Waals surface area contributed by atoms with Crippen molar-refractivity contribution in [1.82, 2.24) is 0 Å². The van der Waals surface area contributed by atoms with Gasteiger partial charge >= 0.3 is 18.1 Å². The van der Waals surface area contributed by atoms with Crippen molar-refractivity contribution in [2.24, 2.45) is 17.8 Å². The van der Waals surface area contributed by atoms with Crippen LogP contribution < -0.4 is 14.8 Å². The van der Waals surface area contributed by atoms with Crippen molar-refractivity contribution >= 4 is 25.9 Å². The molecule has 0 spiro atoms. The number of hydrogen-bond donors (Lipinski definition) is 1. The second kappa shape index (κ2) is 21.9. The number of carbonyl (C=O) groups is 2. The standard InChI is InChI=1S/C41H66F3NO9Si/c1-17-53-38(46)26(3)20-18-19-25(2)34(54-55(15,16)40(7,8)9)27(4)21-28(5)36(51-13)33(49-11)22-29(6)35(50-12)31-23-30(48-10)24-32(37(31)52-14)45-39(47)41(42,43)44/h18-21,23-25,28-29,33-36H,17,22H2,1-16H3,(H,45,47)/b19-18-,26-20+,27-21+/t25-,28-,29-,33-,34+,35+,36+/m0/s1. The van der Waals surface area contributed by atoms with E-state index in [0.29, 0.717) is 24.2 Å². The highest BCUT2D eigenvalue weighted by molar-refractivity contribution is 6.74.